The van der Waals surface area contributed by atoms with Gasteiger partial charge in [0.05, 0.1) is 4.90 Å². The van der Waals surface area contributed by atoms with Gasteiger partial charge in [-0.1, -0.05) is 0 Å². The van der Waals surface area contributed by atoms with Gasteiger partial charge in [-0.2, -0.15) is 0 Å². The Labute approximate surface area is 164 Å². The van der Waals surface area contributed by atoms with Gasteiger partial charge in [0.15, 0.2) is 0 Å². The molecule has 6 nitrogen and oxygen atoms in total. The average molecular weight is 414 g/mol. The van der Waals surface area contributed by atoms with Crippen LogP contribution in [0.25, 0.3) is 0 Å². The van der Waals surface area contributed by atoms with E-state index in [1.165, 1.54) is 48.5 Å². The second kappa shape index (κ2) is 9.27. The van der Waals surface area contributed by atoms with Crippen molar-refractivity contribution in [1.82, 2.24) is 10.0 Å². The minimum atomic E-state index is -3.59. The predicted octanol–water partition coefficient (Wildman–Crippen LogP) is 2.53. The topological polar surface area (TPSA) is 87.3 Å². The number of sulfonamides is 1. The van der Waals surface area contributed by atoms with E-state index in [0.29, 0.717) is 11.3 Å². The van der Waals surface area contributed by atoms with E-state index in [4.69, 9.17) is 0 Å². The zero-order valence-corrected chi connectivity index (χ0v) is 16.1. The Morgan fingerprint density at radius 1 is 1.00 bits per heavy atom. The average Bonchev–Trinajstić information content (AvgIpc) is 2.63. The first-order valence-electron chi connectivity index (χ1n) is 8.34. The van der Waals surface area contributed by atoms with Crippen LogP contribution in [-0.2, 0) is 10.0 Å². The Kier molecular flexibility index (Phi) is 7.32. The van der Waals surface area contributed by atoms with Crippen LogP contribution in [-0.4, -0.2) is 33.5 Å². The number of halogens is 2. The zero-order valence-electron chi connectivity index (χ0n) is 14.4. The summed E-state index contributed by atoms with van der Waals surface area (Å²) in [6.45, 7) is 1.59. The van der Waals surface area contributed by atoms with Crippen molar-refractivity contribution in [3.05, 3.63) is 59.9 Å². The number of carbonyl (C=O) groups excluding carboxylic acids is 1. The summed E-state index contributed by atoms with van der Waals surface area (Å²) in [6, 6.07) is 11.1. The summed E-state index contributed by atoms with van der Waals surface area (Å²) in [5.74, 6) is -0.814. The number of carbonyl (C=O) groups is 1. The fourth-order valence-electron chi connectivity index (χ4n) is 2.75. The Bertz CT molecular complexity index is 868. The molecule has 1 aliphatic rings. The van der Waals surface area contributed by atoms with Gasteiger partial charge >= 0.3 is 0 Å². The van der Waals surface area contributed by atoms with Crippen molar-refractivity contribution in [2.24, 2.45) is 0 Å². The molecule has 0 spiro atoms. The number of hydrogen-bond acceptors (Lipinski definition) is 4. The van der Waals surface area contributed by atoms with Crippen LogP contribution in [0.15, 0.2) is 53.4 Å². The molecule has 0 radical (unpaired) electrons. The quantitative estimate of drug-likeness (QED) is 0.703. The predicted molar refractivity (Wildman–Crippen MR) is 104 cm³/mol. The molecule has 3 rings (SSSR count). The highest BCUT2D eigenvalue weighted by Crippen LogP contribution is 2.17. The highest BCUT2D eigenvalue weighted by Gasteiger charge is 2.21. The minimum absolute atomic E-state index is 0. The molecular formula is C18H21ClFN3O3S. The first-order chi connectivity index (χ1) is 12.4. The third-order valence-corrected chi connectivity index (χ3v) is 5.73. The number of nitrogens with one attached hydrogen (secondary N) is 3. The van der Waals surface area contributed by atoms with Gasteiger partial charge in [-0.05, 0) is 74.5 Å². The van der Waals surface area contributed by atoms with E-state index >= 15 is 0 Å². The first kappa shape index (κ1) is 21.3. The molecule has 27 heavy (non-hydrogen) atoms. The highest BCUT2D eigenvalue weighted by atomic mass is 35.5. The maximum Gasteiger partial charge on any atom is 0.255 e. The number of amides is 1. The van der Waals surface area contributed by atoms with Crippen molar-refractivity contribution in [3.63, 3.8) is 0 Å². The Morgan fingerprint density at radius 3 is 2.19 bits per heavy atom. The standard InChI is InChI=1S/C18H20FN3O3S.ClH/c19-14-3-1-13(2-4-14)18(23)21-15-5-7-17(8-6-15)26(24,25)22-16-9-11-20-12-10-16;/h1-8,16,20,22H,9-12H2,(H,21,23);1H. The third-order valence-electron chi connectivity index (χ3n) is 4.19. The van der Waals surface area contributed by atoms with Gasteiger partial charge in [-0.3, -0.25) is 4.79 Å². The van der Waals surface area contributed by atoms with Gasteiger partial charge in [0, 0.05) is 17.3 Å². The largest absolute Gasteiger partial charge is 0.322 e. The lowest BCUT2D eigenvalue weighted by atomic mass is 10.1. The van der Waals surface area contributed by atoms with E-state index in [2.05, 4.69) is 15.4 Å². The van der Waals surface area contributed by atoms with Crippen LogP contribution in [0.2, 0.25) is 0 Å². The van der Waals surface area contributed by atoms with Crippen molar-refractivity contribution >= 4 is 34.0 Å². The van der Waals surface area contributed by atoms with Gasteiger partial charge in [0.2, 0.25) is 10.0 Å². The molecule has 1 saturated heterocycles. The van der Waals surface area contributed by atoms with Gasteiger partial charge < -0.3 is 10.6 Å². The van der Waals surface area contributed by atoms with E-state index in [9.17, 15) is 17.6 Å². The van der Waals surface area contributed by atoms with Crippen molar-refractivity contribution < 1.29 is 17.6 Å². The van der Waals surface area contributed by atoms with Crippen LogP contribution in [0.4, 0.5) is 10.1 Å². The van der Waals surface area contributed by atoms with Crippen molar-refractivity contribution in [2.75, 3.05) is 18.4 Å². The van der Waals surface area contributed by atoms with E-state index in [0.717, 1.165) is 25.9 Å². The first-order valence-corrected chi connectivity index (χ1v) is 9.82. The molecule has 1 heterocycles. The van der Waals surface area contributed by atoms with Crippen LogP contribution in [0.5, 0.6) is 0 Å². The molecule has 1 aliphatic heterocycles. The molecular weight excluding hydrogens is 393 g/mol. The van der Waals surface area contributed by atoms with Gasteiger partial charge in [-0.15, -0.1) is 12.4 Å². The monoisotopic (exact) mass is 413 g/mol. The molecule has 2 aromatic carbocycles. The fourth-order valence-corrected chi connectivity index (χ4v) is 4.05. The summed E-state index contributed by atoms with van der Waals surface area (Å²) >= 11 is 0. The molecule has 0 aromatic heterocycles. The second-order valence-corrected chi connectivity index (χ2v) is 7.84. The molecule has 3 N–H and O–H groups in total. The van der Waals surface area contributed by atoms with E-state index in [1.54, 1.807) is 0 Å². The van der Waals surface area contributed by atoms with Crippen LogP contribution in [0, 0.1) is 5.82 Å². The normalized spacial score (nSPS) is 15.0. The lowest BCUT2D eigenvalue weighted by Crippen LogP contribution is -2.42. The molecule has 1 amide bonds. The van der Waals surface area contributed by atoms with E-state index in [-0.39, 0.29) is 23.3 Å². The lowest BCUT2D eigenvalue weighted by molar-refractivity contribution is 0.102. The maximum absolute atomic E-state index is 12.9. The molecule has 0 aliphatic carbocycles. The Morgan fingerprint density at radius 2 is 1.59 bits per heavy atom. The Hall–Kier alpha value is -2.00. The SMILES string of the molecule is Cl.O=C(Nc1ccc(S(=O)(=O)NC2CCNCC2)cc1)c1ccc(F)cc1. The van der Waals surface area contributed by atoms with Crippen molar-refractivity contribution in [3.8, 4) is 0 Å². The molecule has 0 unspecified atom stereocenters. The number of rotatable bonds is 5. The number of anilines is 1. The molecule has 1 fully saturated rings. The summed E-state index contributed by atoms with van der Waals surface area (Å²) in [7, 11) is -3.59. The second-order valence-electron chi connectivity index (χ2n) is 6.13. The number of piperidine rings is 1. The molecule has 9 heteroatoms. The number of hydrogen-bond donors (Lipinski definition) is 3. The highest BCUT2D eigenvalue weighted by molar-refractivity contribution is 7.89. The smallest absolute Gasteiger partial charge is 0.255 e. The lowest BCUT2D eigenvalue weighted by Gasteiger charge is -2.23. The fraction of sp³-hybridized carbons (Fsp3) is 0.278. The van der Waals surface area contributed by atoms with Gasteiger partial charge in [0.1, 0.15) is 5.82 Å². The molecule has 2 aromatic rings. The van der Waals surface area contributed by atoms with Crippen LogP contribution < -0.4 is 15.4 Å². The van der Waals surface area contributed by atoms with E-state index < -0.39 is 21.7 Å². The summed E-state index contributed by atoms with van der Waals surface area (Å²) in [4.78, 5) is 12.2. The van der Waals surface area contributed by atoms with Crippen LogP contribution in [0.3, 0.4) is 0 Å². The molecule has 0 atom stereocenters. The maximum atomic E-state index is 12.9. The summed E-state index contributed by atoms with van der Waals surface area (Å²) in [5, 5.41) is 5.84. The molecule has 0 bridgehead atoms. The zero-order chi connectivity index (χ0) is 18.6. The summed E-state index contributed by atoms with van der Waals surface area (Å²) < 4.78 is 40.5. The van der Waals surface area contributed by atoms with Crippen molar-refractivity contribution in [1.29, 1.82) is 0 Å². The van der Waals surface area contributed by atoms with Crippen LogP contribution >= 0.6 is 12.4 Å². The summed E-state index contributed by atoms with van der Waals surface area (Å²) in [5.41, 5.74) is 0.774. The molecule has 0 saturated carbocycles. The van der Waals surface area contributed by atoms with E-state index in [1.807, 2.05) is 0 Å². The number of benzene rings is 2. The summed E-state index contributed by atoms with van der Waals surface area (Å²) in [6.07, 6.45) is 1.51. The van der Waals surface area contributed by atoms with Gasteiger partial charge in [0.25, 0.3) is 5.91 Å². The van der Waals surface area contributed by atoms with Crippen molar-refractivity contribution in [2.45, 2.75) is 23.8 Å². The van der Waals surface area contributed by atoms with Gasteiger partial charge in [-0.25, -0.2) is 17.5 Å². The minimum Gasteiger partial charge on any atom is -0.322 e. The van der Waals surface area contributed by atoms with Crippen LogP contribution in [0.1, 0.15) is 23.2 Å². The Balaban J connectivity index is 0.00000261. The third kappa shape index (κ3) is 5.74. The molecule has 146 valence electrons.